The molecule has 0 radical (unpaired) electrons. The van der Waals surface area contributed by atoms with E-state index in [9.17, 15) is 14.7 Å². The summed E-state index contributed by atoms with van der Waals surface area (Å²) in [5, 5.41) is 10.5. The van der Waals surface area contributed by atoms with Crippen LogP contribution >= 0.6 is 0 Å². The summed E-state index contributed by atoms with van der Waals surface area (Å²) in [5.41, 5.74) is 8.49. The number of ether oxygens (including phenoxy) is 1. The molecule has 1 aliphatic heterocycles. The zero-order chi connectivity index (χ0) is 27.9. The molecule has 39 heavy (non-hydrogen) atoms. The Kier molecular flexibility index (Phi) is 9.14. The second-order valence-corrected chi connectivity index (χ2v) is 9.98. The molecule has 0 atom stereocenters. The van der Waals surface area contributed by atoms with Gasteiger partial charge in [0.2, 0.25) is 0 Å². The fourth-order valence-corrected chi connectivity index (χ4v) is 4.91. The highest BCUT2D eigenvalue weighted by molar-refractivity contribution is 6.04. The van der Waals surface area contributed by atoms with Gasteiger partial charge < -0.3 is 29.8 Å². The maximum atomic E-state index is 13.5. The fraction of sp³-hybridized carbons (Fsp3) is 0.400. The van der Waals surface area contributed by atoms with Crippen molar-refractivity contribution >= 4 is 17.5 Å². The summed E-state index contributed by atoms with van der Waals surface area (Å²) in [4.78, 5) is 32.1. The van der Waals surface area contributed by atoms with Crippen molar-refractivity contribution in [2.75, 3.05) is 39.0 Å². The average molecular weight is 535 g/mol. The third-order valence-corrected chi connectivity index (χ3v) is 6.89. The van der Waals surface area contributed by atoms with Crippen LogP contribution in [0.15, 0.2) is 53.1 Å². The van der Waals surface area contributed by atoms with Gasteiger partial charge in [0.05, 0.1) is 23.9 Å². The lowest BCUT2D eigenvalue weighted by Gasteiger charge is -2.21. The normalized spacial score (nSPS) is 12.6. The van der Waals surface area contributed by atoms with Crippen molar-refractivity contribution in [3.8, 4) is 11.5 Å². The van der Waals surface area contributed by atoms with E-state index >= 15 is 0 Å². The van der Waals surface area contributed by atoms with Crippen molar-refractivity contribution in [2.45, 2.75) is 46.3 Å². The van der Waals surface area contributed by atoms with Crippen LogP contribution in [0.25, 0.3) is 0 Å². The molecule has 0 aliphatic carbocycles. The van der Waals surface area contributed by atoms with Crippen LogP contribution in [0.4, 0.5) is 5.69 Å². The van der Waals surface area contributed by atoms with Gasteiger partial charge in [-0.15, -0.1) is 0 Å². The van der Waals surface area contributed by atoms with Crippen LogP contribution < -0.4 is 10.5 Å². The quantitative estimate of drug-likeness (QED) is 0.329. The highest BCUT2D eigenvalue weighted by Crippen LogP contribution is 2.31. The molecule has 9 nitrogen and oxygen atoms in total. The van der Waals surface area contributed by atoms with Gasteiger partial charge in [0.15, 0.2) is 0 Å². The largest absolute Gasteiger partial charge is 0.507 e. The van der Waals surface area contributed by atoms with E-state index in [1.807, 2.05) is 18.2 Å². The van der Waals surface area contributed by atoms with E-state index < -0.39 is 5.91 Å². The van der Waals surface area contributed by atoms with Crippen molar-refractivity contribution in [2.24, 2.45) is 0 Å². The predicted octanol–water partition coefficient (Wildman–Crippen LogP) is 4.50. The minimum atomic E-state index is -0.444. The van der Waals surface area contributed by atoms with Gasteiger partial charge in [-0.25, -0.2) is 0 Å². The topological polar surface area (TPSA) is 112 Å². The Labute approximate surface area is 229 Å². The smallest absolute Gasteiger partial charge is 0.257 e. The summed E-state index contributed by atoms with van der Waals surface area (Å²) in [6.07, 6.45) is 3.76. The molecular weight excluding hydrogens is 496 g/mol. The average Bonchev–Trinajstić information content (AvgIpc) is 3.58. The highest BCUT2D eigenvalue weighted by Gasteiger charge is 2.28. The number of anilines is 1. The monoisotopic (exact) mass is 534 g/mol. The molecule has 9 heteroatoms. The van der Waals surface area contributed by atoms with Crippen LogP contribution in [0.1, 0.15) is 64.3 Å². The van der Waals surface area contributed by atoms with E-state index in [1.165, 1.54) is 23.3 Å². The molecule has 0 unspecified atom stereocenters. The molecular formula is C30H38N4O5. The third kappa shape index (κ3) is 6.72. The first-order valence-corrected chi connectivity index (χ1v) is 13.5. The van der Waals surface area contributed by atoms with Crippen molar-refractivity contribution in [3.05, 3.63) is 76.7 Å². The van der Waals surface area contributed by atoms with Gasteiger partial charge >= 0.3 is 0 Å². The van der Waals surface area contributed by atoms with Gasteiger partial charge in [0, 0.05) is 38.4 Å². The maximum absolute atomic E-state index is 13.5. The van der Waals surface area contributed by atoms with E-state index in [2.05, 4.69) is 18.7 Å². The van der Waals surface area contributed by atoms with E-state index in [0.717, 1.165) is 49.4 Å². The Hall–Kier alpha value is -3.98. The van der Waals surface area contributed by atoms with Gasteiger partial charge in [-0.3, -0.25) is 14.5 Å². The summed E-state index contributed by atoms with van der Waals surface area (Å²) < 4.78 is 11.3. The number of benzene rings is 2. The van der Waals surface area contributed by atoms with Crippen LogP contribution in [0, 0.1) is 0 Å². The first kappa shape index (κ1) is 28.0. The van der Waals surface area contributed by atoms with Crippen LogP contribution in [0.3, 0.4) is 0 Å². The molecule has 0 bridgehead atoms. The zero-order valence-corrected chi connectivity index (χ0v) is 23.0. The number of hydrogen-bond donors (Lipinski definition) is 2. The number of aromatic hydroxyl groups is 1. The van der Waals surface area contributed by atoms with Gasteiger partial charge in [0.1, 0.15) is 23.9 Å². The van der Waals surface area contributed by atoms with Crippen LogP contribution in [-0.4, -0.2) is 64.9 Å². The second kappa shape index (κ2) is 12.7. The lowest BCUT2D eigenvalue weighted by Crippen LogP contribution is -2.30. The number of rotatable bonds is 12. The summed E-state index contributed by atoms with van der Waals surface area (Å²) in [5.74, 6) is 0.370. The lowest BCUT2D eigenvalue weighted by molar-refractivity contribution is 0.0752. The number of amides is 2. The standard InChI is InChI=1S/C30H38N4O5/c1-4-10-33(11-5-2)12-14-39-23-9-8-21-18-34(19-22(21)15-23)30(37)25-16-26(28(35)17-27(25)31)29(36)32(3)20-24-7-6-13-38-24/h6-9,13,15-17,35H,4-5,10-12,14,18-20,31H2,1-3H3. The fourth-order valence-electron chi connectivity index (χ4n) is 4.91. The Morgan fingerprint density at radius 1 is 1.03 bits per heavy atom. The molecule has 0 saturated heterocycles. The Morgan fingerprint density at radius 3 is 2.46 bits per heavy atom. The zero-order valence-electron chi connectivity index (χ0n) is 23.0. The number of nitrogens with two attached hydrogens (primary N) is 1. The molecule has 0 saturated carbocycles. The maximum Gasteiger partial charge on any atom is 0.257 e. The van der Waals surface area contributed by atoms with E-state index in [1.54, 1.807) is 24.1 Å². The first-order chi connectivity index (χ1) is 18.8. The Balaban J connectivity index is 1.42. The van der Waals surface area contributed by atoms with E-state index in [0.29, 0.717) is 25.5 Å². The molecule has 0 spiro atoms. The number of furan rings is 1. The van der Waals surface area contributed by atoms with Crippen molar-refractivity contribution in [1.82, 2.24) is 14.7 Å². The molecule has 1 aromatic heterocycles. The molecule has 2 amide bonds. The lowest BCUT2D eigenvalue weighted by atomic mass is 10.0. The number of nitrogen functional groups attached to an aromatic ring is 1. The molecule has 3 aromatic rings. The van der Waals surface area contributed by atoms with Gasteiger partial charge in [0.25, 0.3) is 11.8 Å². The molecule has 3 N–H and O–H groups in total. The van der Waals surface area contributed by atoms with E-state index in [-0.39, 0.29) is 35.0 Å². The SMILES string of the molecule is CCCN(CCC)CCOc1ccc2c(c1)CN(C(=O)c1cc(C(=O)N(C)Cc3ccco3)c(O)cc1N)C2. The summed E-state index contributed by atoms with van der Waals surface area (Å²) in [6, 6.07) is 12.1. The number of hydrogen-bond acceptors (Lipinski definition) is 7. The van der Waals surface area contributed by atoms with Crippen molar-refractivity contribution in [3.63, 3.8) is 0 Å². The van der Waals surface area contributed by atoms with Crippen LogP contribution in [0.5, 0.6) is 11.5 Å². The Bertz CT molecular complexity index is 1280. The molecule has 1 aliphatic rings. The predicted molar refractivity (Wildman–Crippen MR) is 150 cm³/mol. The minimum absolute atomic E-state index is 0.00851. The second-order valence-electron chi connectivity index (χ2n) is 9.98. The molecule has 2 aromatic carbocycles. The van der Waals surface area contributed by atoms with Crippen molar-refractivity contribution in [1.29, 1.82) is 0 Å². The number of fused-ring (bicyclic) bond motifs is 1. The number of nitrogens with zero attached hydrogens (tertiary/aromatic N) is 3. The highest BCUT2D eigenvalue weighted by atomic mass is 16.5. The summed E-state index contributed by atoms with van der Waals surface area (Å²) in [6.45, 7) is 9.03. The van der Waals surface area contributed by atoms with Crippen LogP contribution in [-0.2, 0) is 19.6 Å². The Morgan fingerprint density at radius 2 is 1.77 bits per heavy atom. The number of carbonyl (C=O) groups excluding carboxylic acids is 2. The van der Waals surface area contributed by atoms with E-state index in [4.69, 9.17) is 14.9 Å². The van der Waals surface area contributed by atoms with Gasteiger partial charge in [-0.05, 0) is 67.4 Å². The molecule has 0 fully saturated rings. The molecule has 208 valence electrons. The number of phenols is 1. The van der Waals surface area contributed by atoms with Crippen LogP contribution in [0.2, 0.25) is 0 Å². The minimum Gasteiger partial charge on any atom is -0.507 e. The molecule has 4 rings (SSSR count). The number of phenolic OH excluding ortho intramolecular Hbond substituents is 1. The third-order valence-electron chi connectivity index (χ3n) is 6.89. The number of carbonyl (C=O) groups is 2. The van der Waals surface area contributed by atoms with Gasteiger partial charge in [-0.2, -0.15) is 0 Å². The first-order valence-electron chi connectivity index (χ1n) is 13.5. The van der Waals surface area contributed by atoms with Crippen molar-refractivity contribution < 1.29 is 23.8 Å². The summed E-state index contributed by atoms with van der Waals surface area (Å²) in [7, 11) is 1.60. The summed E-state index contributed by atoms with van der Waals surface area (Å²) >= 11 is 0. The molecule has 2 heterocycles. The van der Waals surface area contributed by atoms with Gasteiger partial charge in [-0.1, -0.05) is 19.9 Å².